The standard InChI is InChI=1S/C15H18N2O2/c1-11-12-4-2-3-5-13(12)19-14(11)10-15(18)17-8-6-16-7-9-17/h2-5,16H,6-10H2,1H3. The van der Waals surface area contributed by atoms with Crippen LogP contribution < -0.4 is 5.32 Å². The summed E-state index contributed by atoms with van der Waals surface area (Å²) in [6.45, 7) is 5.36. The maximum absolute atomic E-state index is 12.2. The third-order valence-electron chi connectivity index (χ3n) is 3.72. The van der Waals surface area contributed by atoms with Gasteiger partial charge in [0, 0.05) is 31.6 Å². The third kappa shape index (κ3) is 2.36. The minimum Gasteiger partial charge on any atom is -0.460 e. The van der Waals surface area contributed by atoms with Gasteiger partial charge >= 0.3 is 0 Å². The lowest BCUT2D eigenvalue weighted by Gasteiger charge is -2.27. The van der Waals surface area contributed by atoms with Gasteiger partial charge in [-0.15, -0.1) is 0 Å². The number of carbonyl (C=O) groups is 1. The lowest BCUT2D eigenvalue weighted by Crippen LogP contribution is -2.46. The summed E-state index contributed by atoms with van der Waals surface area (Å²) in [4.78, 5) is 14.1. The van der Waals surface area contributed by atoms with Crippen molar-refractivity contribution in [1.82, 2.24) is 10.2 Å². The number of para-hydroxylation sites is 1. The Hall–Kier alpha value is -1.81. The summed E-state index contributed by atoms with van der Waals surface area (Å²) in [5, 5.41) is 4.35. The molecule has 2 aromatic rings. The maximum atomic E-state index is 12.2. The molecule has 0 atom stereocenters. The monoisotopic (exact) mass is 258 g/mol. The highest BCUT2D eigenvalue weighted by Gasteiger charge is 2.19. The Morgan fingerprint density at radius 1 is 1.32 bits per heavy atom. The third-order valence-corrected chi connectivity index (χ3v) is 3.72. The van der Waals surface area contributed by atoms with E-state index < -0.39 is 0 Å². The van der Waals surface area contributed by atoms with E-state index in [0.29, 0.717) is 6.42 Å². The zero-order valence-corrected chi connectivity index (χ0v) is 11.1. The minimum absolute atomic E-state index is 0.156. The van der Waals surface area contributed by atoms with E-state index in [0.717, 1.165) is 48.5 Å². The van der Waals surface area contributed by atoms with Crippen LogP contribution in [0.3, 0.4) is 0 Å². The molecular weight excluding hydrogens is 240 g/mol. The van der Waals surface area contributed by atoms with Gasteiger partial charge in [-0.3, -0.25) is 4.79 Å². The molecule has 1 aliphatic rings. The van der Waals surface area contributed by atoms with E-state index in [1.165, 1.54) is 0 Å². The molecule has 3 rings (SSSR count). The van der Waals surface area contributed by atoms with Gasteiger partial charge in [-0.05, 0) is 18.6 Å². The van der Waals surface area contributed by atoms with Gasteiger partial charge in [0.25, 0.3) is 0 Å². The first-order valence-corrected chi connectivity index (χ1v) is 6.71. The van der Waals surface area contributed by atoms with Crippen LogP contribution in [0.5, 0.6) is 0 Å². The minimum atomic E-state index is 0.156. The van der Waals surface area contributed by atoms with Gasteiger partial charge < -0.3 is 14.6 Å². The van der Waals surface area contributed by atoms with E-state index in [1.54, 1.807) is 0 Å². The quantitative estimate of drug-likeness (QED) is 0.892. The van der Waals surface area contributed by atoms with Crippen molar-refractivity contribution in [3.63, 3.8) is 0 Å². The molecule has 1 aromatic carbocycles. The molecule has 0 radical (unpaired) electrons. The number of hydrogen-bond donors (Lipinski definition) is 1. The fourth-order valence-electron chi connectivity index (χ4n) is 2.56. The summed E-state index contributed by atoms with van der Waals surface area (Å²) in [6, 6.07) is 7.92. The van der Waals surface area contributed by atoms with Gasteiger partial charge in [-0.25, -0.2) is 0 Å². The topological polar surface area (TPSA) is 45.5 Å². The molecule has 19 heavy (non-hydrogen) atoms. The molecule has 1 aromatic heterocycles. The number of nitrogens with one attached hydrogen (secondary N) is 1. The number of aryl methyl sites for hydroxylation is 1. The van der Waals surface area contributed by atoms with Crippen molar-refractivity contribution in [2.45, 2.75) is 13.3 Å². The van der Waals surface area contributed by atoms with Gasteiger partial charge in [0.15, 0.2) is 0 Å². The summed E-state index contributed by atoms with van der Waals surface area (Å²) in [5.74, 6) is 0.952. The number of benzene rings is 1. The van der Waals surface area contributed by atoms with Crippen molar-refractivity contribution in [1.29, 1.82) is 0 Å². The van der Waals surface area contributed by atoms with E-state index in [1.807, 2.05) is 36.1 Å². The van der Waals surface area contributed by atoms with Crippen LogP contribution in [0.1, 0.15) is 11.3 Å². The average molecular weight is 258 g/mol. The van der Waals surface area contributed by atoms with Gasteiger partial charge in [0.05, 0.1) is 6.42 Å². The molecule has 0 aliphatic carbocycles. The summed E-state index contributed by atoms with van der Waals surface area (Å²) >= 11 is 0. The van der Waals surface area contributed by atoms with E-state index >= 15 is 0 Å². The number of nitrogens with zero attached hydrogens (tertiary/aromatic N) is 1. The Kier molecular flexibility index (Phi) is 3.25. The van der Waals surface area contributed by atoms with Crippen molar-refractivity contribution in [2.75, 3.05) is 26.2 Å². The van der Waals surface area contributed by atoms with Crippen molar-refractivity contribution in [3.8, 4) is 0 Å². The Labute approximate surface area is 112 Å². The average Bonchev–Trinajstić information content (AvgIpc) is 2.77. The van der Waals surface area contributed by atoms with Crippen molar-refractivity contribution in [2.24, 2.45) is 0 Å². The van der Waals surface area contributed by atoms with E-state index in [-0.39, 0.29) is 5.91 Å². The molecule has 4 heteroatoms. The second kappa shape index (κ2) is 5.05. The van der Waals surface area contributed by atoms with Crippen LogP contribution in [0, 0.1) is 6.92 Å². The van der Waals surface area contributed by atoms with Crippen molar-refractivity contribution in [3.05, 3.63) is 35.6 Å². The van der Waals surface area contributed by atoms with Gasteiger partial charge in [-0.2, -0.15) is 0 Å². The SMILES string of the molecule is Cc1c(CC(=O)N2CCNCC2)oc2ccccc12. The van der Waals surface area contributed by atoms with Crippen LogP contribution in [0.2, 0.25) is 0 Å². The molecule has 100 valence electrons. The molecule has 1 amide bonds. The highest BCUT2D eigenvalue weighted by molar-refractivity contribution is 5.85. The molecule has 0 spiro atoms. The van der Waals surface area contributed by atoms with Crippen molar-refractivity contribution >= 4 is 16.9 Å². The Morgan fingerprint density at radius 2 is 2.05 bits per heavy atom. The normalized spacial score (nSPS) is 15.9. The zero-order valence-electron chi connectivity index (χ0n) is 11.1. The second-order valence-corrected chi connectivity index (χ2v) is 4.95. The van der Waals surface area contributed by atoms with Crippen LogP contribution >= 0.6 is 0 Å². The molecule has 1 fully saturated rings. The first-order chi connectivity index (χ1) is 9.25. The van der Waals surface area contributed by atoms with Crippen LogP contribution in [-0.4, -0.2) is 37.0 Å². The molecule has 1 aliphatic heterocycles. The van der Waals surface area contributed by atoms with Crippen LogP contribution in [-0.2, 0) is 11.2 Å². The van der Waals surface area contributed by atoms with Gasteiger partial charge in [0.1, 0.15) is 11.3 Å². The predicted octanol–water partition coefficient (Wildman–Crippen LogP) is 1.72. The molecule has 1 saturated heterocycles. The number of fused-ring (bicyclic) bond motifs is 1. The van der Waals surface area contributed by atoms with E-state index in [9.17, 15) is 4.79 Å². The molecule has 0 saturated carbocycles. The highest BCUT2D eigenvalue weighted by Crippen LogP contribution is 2.25. The summed E-state index contributed by atoms with van der Waals surface area (Å²) in [6.07, 6.45) is 0.362. The number of carbonyl (C=O) groups excluding carboxylic acids is 1. The number of amides is 1. The molecular formula is C15H18N2O2. The fourth-order valence-corrected chi connectivity index (χ4v) is 2.56. The smallest absolute Gasteiger partial charge is 0.230 e. The second-order valence-electron chi connectivity index (χ2n) is 4.95. The summed E-state index contributed by atoms with van der Waals surface area (Å²) in [5.41, 5.74) is 1.95. The largest absolute Gasteiger partial charge is 0.460 e. The number of hydrogen-bond acceptors (Lipinski definition) is 3. The lowest BCUT2D eigenvalue weighted by atomic mass is 10.1. The summed E-state index contributed by atoms with van der Waals surface area (Å²) < 4.78 is 5.80. The first-order valence-electron chi connectivity index (χ1n) is 6.71. The van der Waals surface area contributed by atoms with Crippen LogP contribution in [0.4, 0.5) is 0 Å². The van der Waals surface area contributed by atoms with Gasteiger partial charge in [0.2, 0.25) is 5.91 Å². The molecule has 2 heterocycles. The van der Waals surface area contributed by atoms with Crippen LogP contribution in [0.15, 0.2) is 28.7 Å². The van der Waals surface area contributed by atoms with E-state index in [4.69, 9.17) is 4.42 Å². The Morgan fingerprint density at radius 3 is 2.79 bits per heavy atom. The Bertz CT molecular complexity index is 597. The number of piperazine rings is 1. The number of furan rings is 1. The molecule has 0 bridgehead atoms. The number of rotatable bonds is 2. The molecule has 4 nitrogen and oxygen atoms in total. The Balaban J connectivity index is 1.81. The van der Waals surface area contributed by atoms with Crippen molar-refractivity contribution < 1.29 is 9.21 Å². The first kappa shape index (κ1) is 12.2. The maximum Gasteiger partial charge on any atom is 0.230 e. The predicted molar refractivity (Wildman–Crippen MR) is 74.1 cm³/mol. The molecule has 1 N–H and O–H groups in total. The highest BCUT2D eigenvalue weighted by atomic mass is 16.3. The lowest BCUT2D eigenvalue weighted by molar-refractivity contribution is -0.131. The van der Waals surface area contributed by atoms with E-state index in [2.05, 4.69) is 5.32 Å². The molecule has 0 unspecified atom stereocenters. The fraction of sp³-hybridized carbons (Fsp3) is 0.400. The summed E-state index contributed by atoms with van der Waals surface area (Å²) in [7, 11) is 0. The zero-order chi connectivity index (χ0) is 13.2. The van der Waals surface area contributed by atoms with Crippen LogP contribution in [0.25, 0.3) is 11.0 Å². The van der Waals surface area contributed by atoms with Gasteiger partial charge in [-0.1, -0.05) is 18.2 Å².